The monoisotopic (exact) mass is 466 g/mol. The van der Waals surface area contributed by atoms with Crippen LogP contribution in [0.3, 0.4) is 0 Å². The van der Waals surface area contributed by atoms with E-state index in [4.69, 9.17) is 5.73 Å². The van der Waals surface area contributed by atoms with Gasteiger partial charge in [0.1, 0.15) is 5.82 Å². The van der Waals surface area contributed by atoms with Gasteiger partial charge in [-0.15, -0.1) is 11.3 Å². The summed E-state index contributed by atoms with van der Waals surface area (Å²) in [4.78, 5) is 44.5. The Bertz CT molecular complexity index is 1290. The first-order valence-corrected chi connectivity index (χ1v) is 12.4. The summed E-state index contributed by atoms with van der Waals surface area (Å²) in [6.45, 7) is 4.79. The van der Waals surface area contributed by atoms with Crippen molar-refractivity contribution in [2.24, 2.45) is 0 Å². The Balaban J connectivity index is 1.77. The second-order valence-electron chi connectivity index (χ2n) is 8.43. The van der Waals surface area contributed by atoms with E-state index in [2.05, 4.69) is 17.1 Å². The summed E-state index contributed by atoms with van der Waals surface area (Å²) in [5.74, 6) is -0.202. The third-order valence-corrected chi connectivity index (χ3v) is 7.34. The quantitative estimate of drug-likeness (QED) is 0.520. The molecule has 33 heavy (non-hydrogen) atoms. The van der Waals surface area contributed by atoms with Crippen molar-refractivity contribution in [1.29, 1.82) is 0 Å². The molecule has 0 unspecified atom stereocenters. The van der Waals surface area contributed by atoms with Gasteiger partial charge in [0.15, 0.2) is 5.69 Å². The number of nitrogens with one attached hydrogen (secondary N) is 1. The number of nitrogens with zero attached hydrogens (tertiary/aromatic N) is 2. The number of aryl methyl sites for hydroxylation is 2. The first-order valence-electron chi connectivity index (χ1n) is 11.6. The van der Waals surface area contributed by atoms with Gasteiger partial charge in [-0.3, -0.25) is 24.0 Å². The molecule has 3 N–H and O–H groups in total. The highest BCUT2D eigenvalue weighted by molar-refractivity contribution is 7.17. The molecule has 2 heterocycles. The fourth-order valence-electron chi connectivity index (χ4n) is 4.32. The van der Waals surface area contributed by atoms with E-state index in [0.717, 1.165) is 42.5 Å². The minimum absolute atomic E-state index is 0.0494. The molecule has 1 aliphatic rings. The number of carbonyl (C=O) groups is 1. The van der Waals surface area contributed by atoms with E-state index >= 15 is 0 Å². The number of anilines is 2. The molecule has 1 amide bonds. The molecule has 1 aromatic carbocycles. The topological polar surface area (TPSA) is 101 Å². The maximum absolute atomic E-state index is 13.7. The number of hydrogen-bond acceptors (Lipinski definition) is 5. The Hall–Kier alpha value is -3.13. The van der Waals surface area contributed by atoms with Crippen LogP contribution >= 0.6 is 11.3 Å². The zero-order chi connectivity index (χ0) is 23.5. The molecule has 0 saturated heterocycles. The lowest BCUT2D eigenvalue weighted by atomic mass is 9.91. The van der Waals surface area contributed by atoms with Gasteiger partial charge >= 0.3 is 5.69 Å². The number of aromatic nitrogens is 2. The average molecular weight is 467 g/mol. The number of amides is 1. The maximum Gasteiger partial charge on any atom is 0.330 e. The zero-order valence-electron chi connectivity index (χ0n) is 19.1. The van der Waals surface area contributed by atoms with Crippen LogP contribution < -0.4 is 21.9 Å². The molecular weight excluding hydrogens is 436 g/mol. The number of nitrogen functional groups attached to an aromatic ring is 1. The summed E-state index contributed by atoms with van der Waals surface area (Å²) in [6, 6.07) is 10.2. The minimum Gasteiger partial charge on any atom is -0.383 e. The number of thiophene rings is 1. The molecule has 0 spiro atoms. The van der Waals surface area contributed by atoms with Crippen molar-refractivity contribution in [3.05, 3.63) is 67.2 Å². The Morgan fingerprint density at radius 1 is 1.12 bits per heavy atom. The molecule has 0 saturated carbocycles. The van der Waals surface area contributed by atoms with Crippen molar-refractivity contribution < 1.29 is 4.79 Å². The van der Waals surface area contributed by atoms with Gasteiger partial charge in [0.05, 0.1) is 4.88 Å². The summed E-state index contributed by atoms with van der Waals surface area (Å²) in [6.07, 6.45) is 5.02. The second-order valence-corrected chi connectivity index (χ2v) is 9.48. The Morgan fingerprint density at radius 2 is 1.85 bits per heavy atom. The number of hydrogen-bond donors (Lipinski definition) is 2. The molecule has 0 fully saturated rings. The first-order chi connectivity index (χ1) is 16.0. The molecule has 0 atom stereocenters. The lowest BCUT2D eigenvalue weighted by molar-refractivity contribution is 0.0990. The smallest absolute Gasteiger partial charge is 0.330 e. The number of aromatic amines is 1. The third kappa shape index (κ3) is 4.39. The number of fused-ring (bicyclic) bond motifs is 3. The number of carbonyl (C=O) groups excluding carboxylic acids is 1. The SMILES string of the molecule is CCCCN(C(=O)c1cc2c(s1)-c1ccccc1CC2)c1c(N)n(CCCC)c(=O)[nH]c1=O. The molecule has 4 rings (SSSR count). The van der Waals surface area contributed by atoms with Crippen LogP contribution in [0.2, 0.25) is 0 Å². The summed E-state index contributed by atoms with van der Waals surface area (Å²) >= 11 is 1.46. The van der Waals surface area contributed by atoms with Gasteiger partial charge in [0, 0.05) is 18.0 Å². The van der Waals surface area contributed by atoms with Gasteiger partial charge < -0.3 is 5.73 Å². The highest BCUT2D eigenvalue weighted by Gasteiger charge is 2.28. The molecule has 1 aliphatic carbocycles. The predicted molar refractivity (Wildman–Crippen MR) is 134 cm³/mol. The van der Waals surface area contributed by atoms with Gasteiger partial charge in [-0.2, -0.15) is 0 Å². The molecular formula is C25H30N4O3S. The van der Waals surface area contributed by atoms with Crippen molar-refractivity contribution >= 4 is 28.7 Å². The van der Waals surface area contributed by atoms with Crippen molar-refractivity contribution in [3.8, 4) is 10.4 Å². The summed E-state index contributed by atoms with van der Waals surface area (Å²) in [7, 11) is 0. The second kappa shape index (κ2) is 9.79. The Morgan fingerprint density at radius 3 is 2.61 bits per heavy atom. The van der Waals surface area contributed by atoms with Gasteiger partial charge in [-0.25, -0.2) is 4.79 Å². The lowest BCUT2D eigenvalue weighted by Gasteiger charge is -2.24. The van der Waals surface area contributed by atoms with Crippen molar-refractivity contribution in [2.75, 3.05) is 17.2 Å². The molecule has 2 aromatic heterocycles. The minimum atomic E-state index is -0.624. The number of benzene rings is 1. The van der Waals surface area contributed by atoms with Gasteiger partial charge in [-0.1, -0.05) is 51.0 Å². The molecule has 174 valence electrons. The van der Waals surface area contributed by atoms with E-state index in [1.165, 1.54) is 31.9 Å². The van der Waals surface area contributed by atoms with Crippen LogP contribution in [0.5, 0.6) is 0 Å². The van der Waals surface area contributed by atoms with E-state index in [9.17, 15) is 14.4 Å². The van der Waals surface area contributed by atoms with E-state index < -0.39 is 11.2 Å². The van der Waals surface area contributed by atoms with Crippen LogP contribution in [0.15, 0.2) is 39.9 Å². The molecule has 0 radical (unpaired) electrons. The van der Waals surface area contributed by atoms with Crippen LogP contribution in [0, 0.1) is 0 Å². The third-order valence-electron chi connectivity index (χ3n) is 6.15. The number of H-pyrrole nitrogens is 1. The number of rotatable bonds is 8. The molecule has 7 nitrogen and oxygen atoms in total. The van der Waals surface area contributed by atoms with Crippen molar-refractivity contribution in [3.63, 3.8) is 0 Å². The van der Waals surface area contributed by atoms with E-state index in [0.29, 0.717) is 24.4 Å². The summed E-state index contributed by atoms with van der Waals surface area (Å²) < 4.78 is 1.36. The fraction of sp³-hybridized carbons (Fsp3) is 0.400. The van der Waals surface area contributed by atoms with Crippen LogP contribution in [0.1, 0.15) is 60.3 Å². The average Bonchev–Trinajstić information content (AvgIpc) is 3.25. The molecule has 0 aliphatic heterocycles. The fourth-order valence-corrected chi connectivity index (χ4v) is 5.54. The predicted octanol–water partition coefficient (Wildman–Crippen LogP) is 4.19. The van der Waals surface area contributed by atoms with E-state index in [-0.39, 0.29) is 17.4 Å². The van der Waals surface area contributed by atoms with E-state index in [1.54, 1.807) is 0 Å². The van der Waals surface area contributed by atoms with Crippen LogP contribution in [-0.2, 0) is 19.4 Å². The standard InChI is InChI=1S/C25H30N4O3S/c1-3-5-13-28(20-22(26)29(14-6-4-2)25(32)27-23(20)30)24(31)19-15-17-12-11-16-9-7-8-10-18(16)21(17)33-19/h7-10,15H,3-6,11-14,26H2,1-2H3,(H,27,30,32). The molecule has 3 aromatic rings. The van der Waals surface area contributed by atoms with E-state index in [1.807, 2.05) is 32.0 Å². The van der Waals surface area contributed by atoms with Gasteiger partial charge in [0.2, 0.25) is 0 Å². The lowest BCUT2D eigenvalue weighted by Crippen LogP contribution is -2.41. The van der Waals surface area contributed by atoms with Crippen molar-refractivity contribution in [2.45, 2.75) is 58.9 Å². The Labute approximate surface area is 196 Å². The maximum atomic E-state index is 13.7. The van der Waals surface area contributed by atoms with Crippen molar-refractivity contribution in [1.82, 2.24) is 9.55 Å². The van der Waals surface area contributed by atoms with Gasteiger partial charge in [-0.05, 0) is 48.4 Å². The largest absolute Gasteiger partial charge is 0.383 e. The molecule has 0 bridgehead atoms. The summed E-state index contributed by atoms with van der Waals surface area (Å²) in [5.41, 5.74) is 8.85. The Kier molecular flexibility index (Phi) is 6.83. The highest BCUT2D eigenvalue weighted by atomic mass is 32.1. The normalized spacial score (nSPS) is 12.3. The summed E-state index contributed by atoms with van der Waals surface area (Å²) in [5, 5.41) is 0. The number of unbranched alkanes of at least 4 members (excludes halogenated alkanes) is 2. The van der Waals surface area contributed by atoms with Crippen LogP contribution in [0.4, 0.5) is 11.5 Å². The zero-order valence-corrected chi connectivity index (χ0v) is 20.0. The number of nitrogens with two attached hydrogens (primary N) is 1. The highest BCUT2D eigenvalue weighted by Crippen LogP contribution is 2.40. The van der Waals surface area contributed by atoms with Gasteiger partial charge in [0.25, 0.3) is 11.5 Å². The first kappa shape index (κ1) is 23.0. The molecule has 8 heteroatoms. The van der Waals surface area contributed by atoms with Crippen LogP contribution in [-0.4, -0.2) is 22.0 Å². The van der Waals surface area contributed by atoms with Crippen LogP contribution in [0.25, 0.3) is 10.4 Å².